The fraction of sp³-hybridized carbons (Fsp3) is 0.0370. The summed E-state index contributed by atoms with van der Waals surface area (Å²) in [4.78, 5) is 0. The number of para-hydroxylation sites is 1. The Morgan fingerprint density at radius 2 is 1.12 bits per heavy atom. The van der Waals surface area contributed by atoms with Crippen LogP contribution in [0.1, 0.15) is 44.5 Å². The highest BCUT2D eigenvalue weighted by Gasteiger charge is 2.50. The summed E-state index contributed by atoms with van der Waals surface area (Å²) in [6.45, 7) is 5.20. The van der Waals surface area contributed by atoms with Gasteiger partial charge in [-0.3, -0.25) is 0 Å². The summed E-state index contributed by atoms with van der Waals surface area (Å²) in [6.07, 6.45) is 4.41. The average Bonchev–Trinajstić information content (AvgIpc) is 3.48. The Labute approximate surface area is 328 Å². The molecule has 8 aromatic rings. The minimum atomic E-state index is -0.856. The molecule has 1 heterocycles. The number of fused-ring (bicyclic) bond motifs is 9. The molecule has 56 heavy (non-hydrogen) atoms. The Kier molecular flexibility index (Phi) is 8.21. The summed E-state index contributed by atoms with van der Waals surface area (Å²) in [6, 6.07) is 66.9. The van der Waals surface area contributed by atoms with Gasteiger partial charge in [-0.25, -0.2) is 0 Å². The first-order valence-electron chi connectivity index (χ1n) is 19.2. The van der Waals surface area contributed by atoms with Crippen molar-refractivity contribution in [1.82, 2.24) is 0 Å². The van der Waals surface area contributed by atoms with Crippen molar-refractivity contribution in [2.45, 2.75) is 5.60 Å². The topological polar surface area (TPSA) is 35.2 Å². The Morgan fingerprint density at radius 1 is 0.536 bits per heavy atom. The number of rotatable bonds is 6. The largest absolute Gasteiger partial charge is 0.472 e. The lowest BCUT2D eigenvalue weighted by Gasteiger charge is -2.34. The lowest BCUT2D eigenvalue weighted by Crippen LogP contribution is -2.34. The van der Waals surface area contributed by atoms with E-state index in [-0.39, 0.29) is 0 Å². The van der Waals surface area contributed by atoms with Crippen LogP contribution in [0.4, 0.5) is 0 Å². The van der Waals surface area contributed by atoms with Gasteiger partial charge in [-0.2, -0.15) is 0 Å². The minimum Gasteiger partial charge on any atom is -0.472 e. The SMILES string of the molecule is C=C1c2ccccc2OC2(c3ccccc3-c3ccccc32)c2cccc(-c3ccc(C(/C=C(/c4ccccc4)c4cccc5ccccc45)=C/CN)cc3)c21. The fourth-order valence-corrected chi connectivity index (χ4v) is 8.95. The molecule has 10 rings (SSSR count). The molecule has 266 valence electrons. The van der Waals surface area contributed by atoms with Crippen molar-refractivity contribution in [3.63, 3.8) is 0 Å². The Hall–Kier alpha value is -7.00. The molecule has 0 atom stereocenters. The Bertz CT molecular complexity index is 2830. The molecule has 2 N–H and O–H groups in total. The van der Waals surface area contributed by atoms with Gasteiger partial charge in [0.2, 0.25) is 0 Å². The molecule has 2 nitrogen and oxygen atoms in total. The number of hydrogen-bond acceptors (Lipinski definition) is 2. The standard InChI is InChI=1S/C54H39NO/c1-36-42-19-9-12-28-52(42)56-54(49-25-10-7-21-46(49)47-22-8-11-26-50(47)54)51-27-14-23-44(53(36)51)40-31-29-37(30-32-40)41(33-34-55)35-48(39-15-3-2-4-16-39)45-24-13-18-38-17-5-6-20-43(38)45/h2-33,35H,1,34,55H2/b41-33+,48-35-. The molecule has 0 radical (unpaired) electrons. The molecule has 1 spiro atoms. The van der Waals surface area contributed by atoms with E-state index in [1.165, 1.54) is 27.5 Å². The fourth-order valence-electron chi connectivity index (χ4n) is 8.95. The summed E-state index contributed by atoms with van der Waals surface area (Å²) in [5.41, 5.74) is 22.1. The molecule has 2 aliphatic rings. The van der Waals surface area contributed by atoms with Crippen molar-refractivity contribution in [2.24, 2.45) is 5.73 Å². The first-order chi connectivity index (χ1) is 27.7. The summed E-state index contributed by atoms with van der Waals surface area (Å²) >= 11 is 0. The van der Waals surface area contributed by atoms with Gasteiger partial charge in [-0.1, -0.05) is 195 Å². The molecule has 0 bridgehead atoms. The number of benzene rings is 8. The van der Waals surface area contributed by atoms with Crippen LogP contribution < -0.4 is 10.5 Å². The number of ether oxygens (including phenoxy) is 1. The van der Waals surface area contributed by atoms with Crippen LogP contribution in [0.3, 0.4) is 0 Å². The van der Waals surface area contributed by atoms with E-state index in [2.05, 4.69) is 194 Å². The summed E-state index contributed by atoms with van der Waals surface area (Å²) < 4.78 is 7.37. The highest BCUT2D eigenvalue weighted by atomic mass is 16.5. The van der Waals surface area contributed by atoms with Crippen LogP contribution in [-0.2, 0) is 5.60 Å². The summed E-state index contributed by atoms with van der Waals surface area (Å²) in [7, 11) is 0. The van der Waals surface area contributed by atoms with Crippen LogP contribution >= 0.6 is 0 Å². The second kappa shape index (κ2) is 13.7. The van der Waals surface area contributed by atoms with Crippen LogP contribution in [0, 0.1) is 0 Å². The number of hydrogen-bond donors (Lipinski definition) is 1. The predicted octanol–water partition coefficient (Wildman–Crippen LogP) is 12.7. The zero-order valence-corrected chi connectivity index (χ0v) is 31.0. The monoisotopic (exact) mass is 717 g/mol. The third-order valence-corrected chi connectivity index (χ3v) is 11.5. The van der Waals surface area contributed by atoms with Crippen LogP contribution in [-0.4, -0.2) is 6.54 Å². The van der Waals surface area contributed by atoms with Gasteiger partial charge in [-0.15, -0.1) is 0 Å². The first kappa shape index (κ1) is 33.6. The van der Waals surface area contributed by atoms with Crippen molar-refractivity contribution in [3.05, 3.63) is 251 Å². The van der Waals surface area contributed by atoms with Gasteiger partial charge >= 0.3 is 0 Å². The van der Waals surface area contributed by atoms with Crippen LogP contribution in [0.25, 0.3) is 49.7 Å². The van der Waals surface area contributed by atoms with Gasteiger partial charge in [0.15, 0.2) is 5.60 Å². The third kappa shape index (κ3) is 5.30. The van der Waals surface area contributed by atoms with Crippen LogP contribution in [0.5, 0.6) is 5.75 Å². The number of nitrogens with two attached hydrogens (primary N) is 1. The molecule has 0 amide bonds. The van der Waals surface area contributed by atoms with Crippen molar-refractivity contribution in [2.75, 3.05) is 6.54 Å². The van der Waals surface area contributed by atoms with Crippen molar-refractivity contribution < 1.29 is 4.74 Å². The van der Waals surface area contributed by atoms with E-state index in [4.69, 9.17) is 17.0 Å². The molecule has 0 saturated heterocycles. The third-order valence-electron chi connectivity index (χ3n) is 11.5. The van der Waals surface area contributed by atoms with E-state index in [1.54, 1.807) is 0 Å². The van der Waals surface area contributed by atoms with E-state index >= 15 is 0 Å². The average molecular weight is 718 g/mol. The van der Waals surface area contributed by atoms with Crippen molar-refractivity contribution in [3.8, 4) is 28.0 Å². The zero-order chi connectivity index (χ0) is 37.6. The lowest BCUT2D eigenvalue weighted by atomic mass is 9.77. The highest BCUT2D eigenvalue weighted by molar-refractivity contribution is 6.01. The molecule has 0 aromatic heterocycles. The molecule has 8 aromatic carbocycles. The van der Waals surface area contributed by atoms with Gasteiger partial charge in [0, 0.05) is 28.8 Å². The highest BCUT2D eigenvalue weighted by Crippen LogP contribution is 2.58. The first-order valence-corrected chi connectivity index (χ1v) is 19.2. The predicted molar refractivity (Wildman–Crippen MR) is 233 cm³/mol. The van der Waals surface area contributed by atoms with Gasteiger partial charge in [0.1, 0.15) is 5.75 Å². The molecule has 0 unspecified atom stereocenters. The van der Waals surface area contributed by atoms with Gasteiger partial charge in [0.25, 0.3) is 0 Å². The van der Waals surface area contributed by atoms with Gasteiger partial charge in [-0.05, 0) is 84.1 Å². The van der Waals surface area contributed by atoms with Crippen LogP contribution in [0.2, 0.25) is 0 Å². The van der Waals surface area contributed by atoms with E-state index in [0.29, 0.717) is 6.54 Å². The molecule has 0 fully saturated rings. The second-order valence-corrected chi connectivity index (χ2v) is 14.5. The Morgan fingerprint density at radius 3 is 1.88 bits per heavy atom. The minimum absolute atomic E-state index is 0.418. The van der Waals surface area contributed by atoms with Gasteiger partial charge < -0.3 is 10.5 Å². The molecule has 1 aliphatic heterocycles. The lowest BCUT2D eigenvalue weighted by molar-refractivity contribution is 0.161. The molecular weight excluding hydrogens is 679 g/mol. The second-order valence-electron chi connectivity index (χ2n) is 14.5. The smallest absolute Gasteiger partial charge is 0.186 e. The van der Waals surface area contributed by atoms with Crippen molar-refractivity contribution in [1.29, 1.82) is 0 Å². The van der Waals surface area contributed by atoms with Crippen LogP contribution in [0.15, 0.2) is 207 Å². The zero-order valence-electron chi connectivity index (χ0n) is 31.0. The molecule has 2 heteroatoms. The Balaban J connectivity index is 1.14. The maximum atomic E-state index is 7.37. The van der Waals surface area contributed by atoms with Gasteiger partial charge in [0.05, 0.1) is 0 Å². The normalized spacial score (nSPS) is 14.1. The molecule has 1 aliphatic carbocycles. The molecule has 0 saturated carbocycles. The van der Waals surface area contributed by atoms with E-state index in [0.717, 1.165) is 72.5 Å². The number of allylic oxidation sites excluding steroid dienone is 2. The summed E-state index contributed by atoms with van der Waals surface area (Å²) in [5.74, 6) is 0.824. The van der Waals surface area contributed by atoms with E-state index in [9.17, 15) is 0 Å². The van der Waals surface area contributed by atoms with Crippen molar-refractivity contribution >= 4 is 27.5 Å². The van der Waals surface area contributed by atoms with E-state index < -0.39 is 5.60 Å². The maximum Gasteiger partial charge on any atom is 0.186 e. The molecular formula is C54H39NO. The quantitative estimate of drug-likeness (QED) is 0.174. The summed E-state index contributed by atoms with van der Waals surface area (Å²) in [5, 5.41) is 2.43. The van der Waals surface area contributed by atoms with E-state index in [1.807, 2.05) is 6.07 Å². The maximum absolute atomic E-state index is 7.37.